The van der Waals surface area contributed by atoms with Crippen molar-refractivity contribution in [1.82, 2.24) is 9.13 Å². The van der Waals surface area contributed by atoms with E-state index in [9.17, 15) is 9.59 Å². The predicted molar refractivity (Wildman–Crippen MR) is 54.2 cm³/mol. The number of nitrogens with zero attached hydrogens (tertiary/aromatic N) is 2. The summed E-state index contributed by atoms with van der Waals surface area (Å²) < 4.78 is 2.71. The summed E-state index contributed by atoms with van der Waals surface area (Å²) in [6.07, 6.45) is 4.90. The fourth-order valence-corrected chi connectivity index (χ4v) is 1.19. The maximum atomic E-state index is 11.4. The fraction of sp³-hybridized carbons (Fsp3) is 0.556. The molecule has 0 radical (unpaired) electrons. The van der Waals surface area contributed by atoms with Crippen molar-refractivity contribution in [3.8, 4) is 0 Å². The molecule has 78 valence electrons. The lowest BCUT2D eigenvalue weighted by Crippen LogP contribution is -2.39. The average Bonchev–Trinajstić information content (AvgIpc) is 2.18. The minimum Gasteiger partial charge on any atom is -0.330 e. The molecule has 0 unspecified atom stereocenters. The lowest BCUT2D eigenvalue weighted by Gasteiger charge is -2.04. The number of unbranched alkanes of at least 4 members (excludes halogenated alkanes) is 1. The molecule has 0 saturated carbocycles. The highest BCUT2D eigenvalue weighted by Gasteiger charge is 2.00. The van der Waals surface area contributed by atoms with Crippen molar-refractivity contribution in [2.45, 2.75) is 19.4 Å². The molecular formula is C9H15N3O2. The minimum atomic E-state index is -0.486. The molecule has 14 heavy (non-hydrogen) atoms. The molecule has 0 aliphatic carbocycles. The van der Waals surface area contributed by atoms with E-state index in [-0.39, 0.29) is 0 Å². The molecule has 0 fully saturated rings. The SMILES string of the molecule is Cn1ccn(CCCCN)c(=O)c1=O. The monoisotopic (exact) mass is 197 g/mol. The molecule has 2 N–H and O–H groups in total. The number of rotatable bonds is 4. The number of aromatic nitrogens is 2. The molecule has 1 aromatic heterocycles. The van der Waals surface area contributed by atoms with Gasteiger partial charge in [-0.2, -0.15) is 0 Å². The maximum absolute atomic E-state index is 11.4. The number of nitrogens with two attached hydrogens (primary N) is 1. The van der Waals surface area contributed by atoms with Gasteiger partial charge in [-0.1, -0.05) is 0 Å². The van der Waals surface area contributed by atoms with Crippen molar-refractivity contribution in [3.63, 3.8) is 0 Å². The van der Waals surface area contributed by atoms with Crippen LogP contribution in [0.3, 0.4) is 0 Å². The Kier molecular flexibility index (Phi) is 3.64. The van der Waals surface area contributed by atoms with Crippen LogP contribution in [0.1, 0.15) is 12.8 Å². The van der Waals surface area contributed by atoms with Gasteiger partial charge in [-0.05, 0) is 19.4 Å². The van der Waals surface area contributed by atoms with E-state index in [2.05, 4.69) is 0 Å². The van der Waals surface area contributed by atoms with E-state index >= 15 is 0 Å². The third-order valence-corrected chi connectivity index (χ3v) is 2.09. The molecule has 0 spiro atoms. The van der Waals surface area contributed by atoms with Crippen molar-refractivity contribution in [2.24, 2.45) is 12.8 Å². The van der Waals surface area contributed by atoms with Gasteiger partial charge in [0.1, 0.15) is 0 Å². The smallest absolute Gasteiger partial charge is 0.316 e. The van der Waals surface area contributed by atoms with Gasteiger partial charge in [0.25, 0.3) is 0 Å². The van der Waals surface area contributed by atoms with E-state index in [0.29, 0.717) is 13.1 Å². The number of aryl methyl sites for hydroxylation is 2. The highest BCUT2D eigenvalue weighted by atomic mass is 16.2. The molecule has 0 saturated heterocycles. The van der Waals surface area contributed by atoms with Crippen LogP contribution in [0.2, 0.25) is 0 Å². The van der Waals surface area contributed by atoms with Crippen LogP contribution < -0.4 is 16.9 Å². The first-order chi connectivity index (χ1) is 6.66. The van der Waals surface area contributed by atoms with Gasteiger partial charge in [0.15, 0.2) is 0 Å². The van der Waals surface area contributed by atoms with E-state index < -0.39 is 11.1 Å². The maximum Gasteiger partial charge on any atom is 0.316 e. The minimum absolute atomic E-state index is 0.466. The van der Waals surface area contributed by atoms with Gasteiger partial charge < -0.3 is 14.9 Å². The van der Waals surface area contributed by atoms with E-state index in [1.807, 2.05) is 0 Å². The zero-order valence-corrected chi connectivity index (χ0v) is 8.27. The molecule has 5 nitrogen and oxygen atoms in total. The van der Waals surface area contributed by atoms with E-state index in [1.165, 1.54) is 9.13 Å². The zero-order valence-electron chi connectivity index (χ0n) is 8.27. The Labute approximate surface area is 81.8 Å². The lowest BCUT2D eigenvalue weighted by molar-refractivity contribution is 0.581. The summed E-state index contributed by atoms with van der Waals surface area (Å²) >= 11 is 0. The predicted octanol–water partition coefficient (Wildman–Crippen LogP) is -0.714. The third-order valence-electron chi connectivity index (χ3n) is 2.09. The van der Waals surface area contributed by atoms with E-state index in [0.717, 1.165) is 12.8 Å². The first-order valence-electron chi connectivity index (χ1n) is 4.63. The first kappa shape index (κ1) is 10.7. The second kappa shape index (κ2) is 4.76. The number of hydrogen-bond donors (Lipinski definition) is 1. The molecule has 0 bridgehead atoms. The quantitative estimate of drug-likeness (QED) is 0.512. The van der Waals surface area contributed by atoms with Crippen molar-refractivity contribution in [3.05, 3.63) is 33.1 Å². The van der Waals surface area contributed by atoms with Crippen LogP contribution >= 0.6 is 0 Å². The second-order valence-electron chi connectivity index (χ2n) is 3.21. The molecule has 0 aliphatic heterocycles. The van der Waals surface area contributed by atoms with Crippen LogP contribution in [-0.2, 0) is 13.6 Å². The fourth-order valence-electron chi connectivity index (χ4n) is 1.19. The Morgan fingerprint density at radius 1 is 1.21 bits per heavy atom. The largest absolute Gasteiger partial charge is 0.330 e. The van der Waals surface area contributed by atoms with Crippen LogP contribution in [-0.4, -0.2) is 15.7 Å². The molecule has 1 aromatic rings. The number of hydrogen-bond acceptors (Lipinski definition) is 3. The van der Waals surface area contributed by atoms with Gasteiger partial charge in [-0.3, -0.25) is 9.59 Å². The van der Waals surface area contributed by atoms with Crippen molar-refractivity contribution < 1.29 is 0 Å². The summed E-state index contributed by atoms with van der Waals surface area (Å²) in [5.74, 6) is 0. The highest BCUT2D eigenvalue weighted by molar-refractivity contribution is 4.84. The third kappa shape index (κ3) is 2.32. The van der Waals surface area contributed by atoms with Crippen molar-refractivity contribution in [2.75, 3.05) is 6.54 Å². The Morgan fingerprint density at radius 3 is 2.57 bits per heavy atom. The summed E-state index contributed by atoms with van der Waals surface area (Å²) in [7, 11) is 1.56. The summed E-state index contributed by atoms with van der Waals surface area (Å²) in [5.41, 5.74) is 4.38. The van der Waals surface area contributed by atoms with E-state index in [1.54, 1.807) is 19.4 Å². The van der Waals surface area contributed by atoms with Crippen LogP contribution in [0, 0.1) is 0 Å². The summed E-state index contributed by atoms with van der Waals surface area (Å²) in [6.45, 7) is 1.17. The van der Waals surface area contributed by atoms with Gasteiger partial charge in [-0.15, -0.1) is 0 Å². The lowest BCUT2D eigenvalue weighted by atomic mass is 10.3. The molecule has 0 amide bonds. The highest BCUT2D eigenvalue weighted by Crippen LogP contribution is 1.89. The molecular weight excluding hydrogens is 182 g/mol. The van der Waals surface area contributed by atoms with Crippen molar-refractivity contribution >= 4 is 0 Å². The van der Waals surface area contributed by atoms with Crippen molar-refractivity contribution in [1.29, 1.82) is 0 Å². The van der Waals surface area contributed by atoms with E-state index in [4.69, 9.17) is 5.73 Å². The summed E-state index contributed by atoms with van der Waals surface area (Å²) in [4.78, 5) is 22.6. The van der Waals surface area contributed by atoms with Crippen LogP contribution in [0.4, 0.5) is 0 Å². The van der Waals surface area contributed by atoms with Gasteiger partial charge in [-0.25, -0.2) is 0 Å². The average molecular weight is 197 g/mol. The first-order valence-corrected chi connectivity index (χ1v) is 4.63. The Morgan fingerprint density at radius 2 is 1.93 bits per heavy atom. The molecule has 5 heteroatoms. The molecule has 1 rings (SSSR count). The molecule has 0 aliphatic rings. The van der Waals surface area contributed by atoms with Gasteiger partial charge in [0.2, 0.25) is 0 Å². The summed E-state index contributed by atoms with van der Waals surface area (Å²) in [6, 6.07) is 0. The molecule has 0 atom stereocenters. The van der Waals surface area contributed by atoms with Crippen LogP contribution in [0.25, 0.3) is 0 Å². The normalized spacial score (nSPS) is 10.4. The Hall–Kier alpha value is -1.36. The standard InChI is InChI=1S/C9H15N3O2/c1-11-6-7-12(5-3-2-4-10)9(14)8(11)13/h6-7H,2-5,10H2,1H3. The van der Waals surface area contributed by atoms with Gasteiger partial charge in [0, 0.05) is 26.0 Å². The topological polar surface area (TPSA) is 70.0 Å². The molecule has 1 heterocycles. The Bertz CT molecular complexity index is 405. The van der Waals surface area contributed by atoms with Crippen LogP contribution in [0.5, 0.6) is 0 Å². The van der Waals surface area contributed by atoms with Gasteiger partial charge >= 0.3 is 11.1 Å². The Balaban J connectivity index is 2.84. The second-order valence-corrected chi connectivity index (χ2v) is 3.21. The zero-order chi connectivity index (χ0) is 10.6. The van der Waals surface area contributed by atoms with Gasteiger partial charge in [0.05, 0.1) is 0 Å². The van der Waals surface area contributed by atoms with Crippen LogP contribution in [0.15, 0.2) is 22.0 Å². The molecule has 0 aromatic carbocycles. The summed E-state index contributed by atoms with van der Waals surface area (Å²) in [5, 5.41) is 0.